The molecule has 1 aromatic rings. The predicted octanol–water partition coefficient (Wildman–Crippen LogP) is 0.636. The molecule has 0 amide bonds. The van der Waals surface area contributed by atoms with Crippen LogP contribution >= 0.6 is 0 Å². The van der Waals surface area contributed by atoms with E-state index in [1.165, 1.54) is 0 Å². The van der Waals surface area contributed by atoms with Crippen LogP contribution in [-0.2, 0) is 4.74 Å². The average Bonchev–Trinajstić information content (AvgIpc) is 2.46. The van der Waals surface area contributed by atoms with Crippen molar-refractivity contribution in [1.29, 1.82) is 0 Å². The Hall–Kier alpha value is -1.14. The zero-order valence-corrected chi connectivity index (χ0v) is 11.7. The third kappa shape index (κ3) is 4.80. The number of nitrogens with zero attached hydrogens (tertiary/aromatic N) is 1. The zero-order chi connectivity index (χ0) is 14.1. The van der Waals surface area contributed by atoms with Crippen molar-refractivity contribution in [3.63, 3.8) is 0 Å². The van der Waals surface area contributed by atoms with Crippen LogP contribution in [0.15, 0.2) is 24.3 Å². The third-order valence-corrected chi connectivity index (χ3v) is 3.13. The van der Waals surface area contributed by atoms with Gasteiger partial charge in [-0.3, -0.25) is 4.90 Å². The molecule has 1 aromatic carbocycles. The van der Waals surface area contributed by atoms with Crippen LogP contribution in [-0.4, -0.2) is 57.1 Å². The second kappa shape index (κ2) is 8.87. The van der Waals surface area contributed by atoms with Crippen molar-refractivity contribution in [2.75, 3.05) is 47.1 Å². The van der Waals surface area contributed by atoms with Crippen LogP contribution in [0.25, 0.3) is 0 Å². The van der Waals surface area contributed by atoms with Crippen molar-refractivity contribution < 1.29 is 14.6 Å². The Morgan fingerprint density at radius 1 is 1.21 bits per heavy atom. The van der Waals surface area contributed by atoms with Gasteiger partial charge in [0, 0.05) is 32.8 Å². The van der Waals surface area contributed by atoms with Gasteiger partial charge in [0.05, 0.1) is 20.3 Å². The van der Waals surface area contributed by atoms with Crippen molar-refractivity contribution in [3.8, 4) is 5.75 Å². The molecule has 5 nitrogen and oxygen atoms in total. The summed E-state index contributed by atoms with van der Waals surface area (Å²) in [4.78, 5) is 2.13. The first-order valence-electron chi connectivity index (χ1n) is 6.44. The Labute approximate surface area is 114 Å². The highest BCUT2D eigenvalue weighted by atomic mass is 16.5. The number of methoxy groups -OCH3 is 2. The molecule has 0 heterocycles. The summed E-state index contributed by atoms with van der Waals surface area (Å²) in [5.74, 6) is 0.824. The van der Waals surface area contributed by atoms with Gasteiger partial charge in [-0.15, -0.1) is 0 Å². The van der Waals surface area contributed by atoms with E-state index in [2.05, 4.69) is 4.90 Å². The summed E-state index contributed by atoms with van der Waals surface area (Å²) in [6.45, 7) is 2.54. The number of nitrogens with two attached hydrogens (primary N) is 1. The molecule has 1 atom stereocenters. The molecule has 108 valence electrons. The number of aliphatic hydroxyl groups is 1. The van der Waals surface area contributed by atoms with Gasteiger partial charge >= 0.3 is 0 Å². The van der Waals surface area contributed by atoms with E-state index < -0.39 is 0 Å². The number of ether oxygens (including phenoxy) is 2. The highest BCUT2D eigenvalue weighted by Gasteiger charge is 2.18. The minimum atomic E-state index is 0.0770. The van der Waals surface area contributed by atoms with E-state index in [0.29, 0.717) is 19.7 Å². The van der Waals surface area contributed by atoms with Crippen LogP contribution in [0.1, 0.15) is 11.6 Å². The molecule has 1 unspecified atom stereocenters. The lowest BCUT2D eigenvalue weighted by molar-refractivity contribution is 0.103. The van der Waals surface area contributed by atoms with E-state index in [4.69, 9.17) is 20.3 Å². The minimum Gasteiger partial charge on any atom is -0.497 e. The highest BCUT2D eigenvalue weighted by Crippen LogP contribution is 2.22. The van der Waals surface area contributed by atoms with Crippen LogP contribution in [0.4, 0.5) is 0 Å². The van der Waals surface area contributed by atoms with Crippen molar-refractivity contribution in [1.82, 2.24) is 4.90 Å². The smallest absolute Gasteiger partial charge is 0.118 e. The lowest BCUT2D eigenvalue weighted by Crippen LogP contribution is -2.38. The Kier molecular flexibility index (Phi) is 7.43. The highest BCUT2D eigenvalue weighted by molar-refractivity contribution is 5.29. The van der Waals surface area contributed by atoms with Gasteiger partial charge in [0.25, 0.3) is 0 Å². The molecule has 0 aliphatic rings. The van der Waals surface area contributed by atoms with E-state index in [0.717, 1.165) is 17.9 Å². The fourth-order valence-electron chi connectivity index (χ4n) is 2.08. The number of benzene rings is 1. The SMILES string of the molecule is COCCN(CCO)C(CN)c1ccc(OC)cc1. The average molecular weight is 268 g/mol. The lowest BCUT2D eigenvalue weighted by Gasteiger charge is -2.30. The molecule has 0 fully saturated rings. The molecule has 1 rings (SSSR count). The van der Waals surface area contributed by atoms with Gasteiger partial charge in [-0.25, -0.2) is 0 Å². The summed E-state index contributed by atoms with van der Waals surface area (Å²) in [5.41, 5.74) is 7.00. The third-order valence-electron chi connectivity index (χ3n) is 3.13. The van der Waals surface area contributed by atoms with E-state index in [9.17, 15) is 0 Å². The Balaban J connectivity index is 2.81. The zero-order valence-electron chi connectivity index (χ0n) is 11.7. The molecular formula is C14H24N2O3. The van der Waals surface area contributed by atoms with E-state index in [-0.39, 0.29) is 12.6 Å². The molecule has 0 radical (unpaired) electrons. The number of rotatable bonds is 9. The predicted molar refractivity (Wildman–Crippen MR) is 75.3 cm³/mol. The molecule has 0 bridgehead atoms. The quantitative estimate of drug-likeness (QED) is 0.688. The first-order valence-corrected chi connectivity index (χ1v) is 6.44. The molecule has 5 heteroatoms. The Morgan fingerprint density at radius 2 is 1.89 bits per heavy atom. The maximum absolute atomic E-state index is 9.17. The van der Waals surface area contributed by atoms with Gasteiger partial charge in [-0.1, -0.05) is 12.1 Å². The van der Waals surface area contributed by atoms with Crippen LogP contribution in [0, 0.1) is 0 Å². The number of aliphatic hydroxyl groups excluding tert-OH is 1. The second-order valence-electron chi connectivity index (χ2n) is 4.28. The molecule has 0 saturated heterocycles. The van der Waals surface area contributed by atoms with Crippen molar-refractivity contribution in [2.24, 2.45) is 5.73 Å². The molecule has 0 aliphatic heterocycles. The van der Waals surface area contributed by atoms with E-state index in [1.54, 1.807) is 14.2 Å². The topological polar surface area (TPSA) is 68.0 Å². The Morgan fingerprint density at radius 3 is 2.37 bits per heavy atom. The summed E-state index contributed by atoms with van der Waals surface area (Å²) in [6.07, 6.45) is 0. The van der Waals surface area contributed by atoms with Crippen LogP contribution in [0.2, 0.25) is 0 Å². The summed E-state index contributed by atoms with van der Waals surface area (Å²) >= 11 is 0. The van der Waals surface area contributed by atoms with Gasteiger partial charge in [0.1, 0.15) is 5.75 Å². The fraction of sp³-hybridized carbons (Fsp3) is 0.571. The normalized spacial score (nSPS) is 12.7. The van der Waals surface area contributed by atoms with Crippen LogP contribution in [0.3, 0.4) is 0 Å². The number of hydrogen-bond acceptors (Lipinski definition) is 5. The molecule has 3 N–H and O–H groups in total. The minimum absolute atomic E-state index is 0.0770. The van der Waals surface area contributed by atoms with Gasteiger partial charge in [0.2, 0.25) is 0 Å². The fourth-order valence-corrected chi connectivity index (χ4v) is 2.08. The molecular weight excluding hydrogens is 244 g/mol. The van der Waals surface area contributed by atoms with Crippen LogP contribution < -0.4 is 10.5 Å². The van der Waals surface area contributed by atoms with Crippen molar-refractivity contribution in [2.45, 2.75) is 6.04 Å². The lowest BCUT2D eigenvalue weighted by atomic mass is 10.1. The molecule has 0 saturated carbocycles. The summed E-state index contributed by atoms with van der Waals surface area (Å²) in [6, 6.07) is 7.94. The van der Waals surface area contributed by atoms with Crippen molar-refractivity contribution in [3.05, 3.63) is 29.8 Å². The van der Waals surface area contributed by atoms with Gasteiger partial charge < -0.3 is 20.3 Å². The largest absolute Gasteiger partial charge is 0.497 e. The number of hydrogen-bond donors (Lipinski definition) is 2. The van der Waals surface area contributed by atoms with E-state index in [1.807, 2.05) is 24.3 Å². The van der Waals surface area contributed by atoms with Crippen molar-refractivity contribution >= 4 is 0 Å². The standard InChI is InChI=1S/C14H24N2O3/c1-18-10-8-16(7-9-17)14(11-15)12-3-5-13(19-2)6-4-12/h3-6,14,17H,7-11,15H2,1-2H3. The van der Waals surface area contributed by atoms with Gasteiger partial charge in [-0.2, -0.15) is 0 Å². The molecule has 0 aliphatic carbocycles. The van der Waals surface area contributed by atoms with Crippen LogP contribution in [0.5, 0.6) is 5.75 Å². The van der Waals surface area contributed by atoms with Gasteiger partial charge in [0.15, 0.2) is 0 Å². The summed E-state index contributed by atoms with van der Waals surface area (Å²) in [7, 11) is 3.31. The molecule has 0 aromatic heterocycles. The van der Waals surface area contributed by atoms with E-state index >= 15 is 0 Å². The first-order chi connectivity index (χ1) is 9.26. The Bertz CT molecular complexity index is 343. The molecule has 19 heavy (non-hydrogen) atoms. The molecule has 0 spiro atoms. The monoisotopic (exact) mass is 268 g/mol. The van der Waals surface area contributed by atoms with Gasteiger partial charge in [-0.05, 0) is 17.7 Å². The summed E-state index contributed by atoms with van der Waals surface area (Å²) in [5, 5.41) is 9.17. The maximum atomic E-state index is 9.17. The maximum Gasteiger partial charge on any atom is 0.118 e. The summed E-state index contributed by atoms with van der Waals surface area (Å²) < 4.78 is 10.3. The second-order valence-corrected chi connectivity index (χ2v) is 4.28. The first kappa shape index (κ1) is 15.9.